The zero-order valence-electron chi connectivity index (χ0n) is 10.3. The van der Waals surface area contributed by atoms with E-state index in [1.165, 1.54) is 12.1 Å². The smallest absolute Gasteiger partial charge is 0.342 e. The van der Waals surface area contributed by atoms with Gasteiger partial charge in [0, 0.05) is 16.1 Å². The number of hydrogen-bond donors (Lipinski definition) is 0. The Hall–Kier alpha value is -1.95. The fourth-order valence-corrected chi connectivity index (χ4v) is 1.69. The summed E-state index contributed by atoms with van der Waals surface area (Å²) in [4.78, 5) is 34.9. The molecule has 0 saturated carbocycles. The lowest BCUT2D eigenvalue weighted by Crippen LogP contribution is -2.17. The minimum Gasteiger partial charge on any atom is -0.466 e. The number of carbonyl (C=O) groups excluding carboxylic acids is 3. The normalized spacial score (nSPS) is 10.8. The van der Waals surface area contributed by atoms with Crippen molar-refractivity contribution < 1.29 is 23.9 Å². The van der Waals surface area contributed by atoms with Gasteiger partial charge in [-0.1, -0.05) is 28.1 Å². The van der Waals surface area contributed by atoms with Crippen molar-refractivity contribution in [2.75, 3.05) is 14.2 Å². The van der Waals surface area contributed by atoms with Crippen molar-refractivity contribution in [3.8, 4) is 0 Å². The lowest BCUT2D eigenvalue weighted by atomic mass is 10.0. The summed E-state index contributed by atoms with van der Waals surface area (Å²) >= 11 is 3.22. The fourth-order valence-electron chi connectivity index (χ4n) is 1.29. The molecule has 0 unspecified atom stereocenters. The molecule has 100 valence electrons. The second-order valence-electron chi connectivity index (χ2n) is 3.41. The van der Waals surface area contributed by atoms with Gasteiger partial charge < -0.3 is 9.47 Å². The third-order valence-corrected chi connectivity index (χ3v) is 2.69. The summed E-state index contributed by atoms with van der Waals surface area (Å²) in [5.41, 5.74) is -0.123. The van der Waals surface area contributed by atoms with Crippen molar-refractivity contribution in [2.45, 2.75) is 0 Å². The fraction of sp³-hybridized carbons (Fsp3) is 0.154. The van der Waals surface area contributed by atoms with Crippen LogP contribution < -0.4 is 0 Å². The van der Waals surface area contributed by atoms with Crippen LogP contribution in [0.4, 0.5) is 0 Å². The highest BCUT2D eigenvalue weighted by atomic mass is 79.9. The van der Waals surface area contributed by atoms with Gasteiger partial charge in [-0.25, -0.2) is 9.59 Å². The van der Waals surface area contributed by atoms with Crippen LogP contribution in [0.5, 0.6) is 0 Å². The number of halogens is 1. The summed E-state index contributed by atoms with van der Waals surface area (Å²) in [6.07, 6.45) is 0.815. The van der Waals surface area contributed by atoms with Gasteiger partial charge >= 0.3 is 11.9 Å². The molecule has 0 spiro atoms. The van der Waals surface area contributed by atoms with Crippen molar-refractivity contribution in [1.82, 2.24) is 0 Å². The Bertz CT molecular complexity index is 548. The Balaban J connectivity index is 3.19. The van der Waals surface area contributed by atoms with E-state index in [9.17, 15) is 14.4 Å². The number of rotatable bonds is 4. The van der Waals surface area contributed by atoms with Crippen LogP contribution in [0.1, 0.15) is 10.4 Å². The SMILES string of the molecule is COC(=O)/C=C(/C(=O)OC)C(=O)c1cccc(Br)c1. The second-order valence-corrected chi connectivity index (χ2v) is 4.33. The maximum atomic E-state index is 12.2. The van der Waals surface area contributed by atoms with Gasteiger partial charge in [0.05, 0.1) is 14.2 Å². The summed E-state index contributed by atoms with van der Waals surface area (Å²) in [7, 11) is 2.28. The van der Waals surface area contributed by atoms with Gasteiger partial charge in [-0.15, -0.1) is 0 Å². The molecule has 0 aliphatic carbocycles. The highest BCUT2D eigenvalue weighted by Crippen LogP contribution is 2.16. The lowest BCUT2D eigenvalue weighted by Gasteiger charge is -2.05. The summed E-state index contributed by atoms with van der Waals surface area (Å²) in [5.74, 6) is -2.31. The number of carbonyl (C=O) groups is 3. The summed E-state index contributed by atoms with van der Waals surface area (Å²) in [5, 5.41) is 0. The molecule has 19 heavy (non-hydrogen) atoms. The number of hydrogen-bond acceptors (Lipinski definition) is 5. The molecule has 0 atom stereocenters. The average molecular weight is 327 g/mol. The highest BCUT2D eigenvalue weighted by Gasteiger charge is 2.22. The zero-order chi connectivity index (χ0) is 14.4. The van der Waals surface area contributed by atoms with E-state index in [1.807, 2.05) is 0 Å². The molecule has 0 aliphatic rings. The van der Waals surface area contributed by atoms with Crippen LogP contribution in [0.15, 0.2) is 40.4 Å². The van der Waals surface area contributed by atoms with E-state index in [4.69, 9.17) is 0 Å². The van der Waals surface area contributed by atoms with Crippen LogP contribution in [-0.2, 0) is 19.1 Å². The molecule has 1 aromatic rings. The third kappa shape index (κ3) is 4.03. The molecule has 0 saturated heterocycles. The molecule has 0 fully saturated rings. The van der Waals surface area contributed by atoms with Gasteiger partial charge in [0.15, 0.2) is 0 Å². The van der Waals surface area contributed by atoms with Gasteiger partial charge in [-0.2, -0.15) is 0 Å². The van der Waals surface area contributed by atoms with Crippen LogP contribution in [0.3, 0.4) is 0 Å². The molecule has 1 aromatic carbocycles. The van der Waals surface area contributed by atoms with E-state index < -0.39 is 17.7 Å². The van der Waals surface area contributed by atoms with Crippen molar-refractivity contribution in [3.63, 3.8) is 0 Å². The molecular weight excluding hydrogens is 316 g/mol. The summed E-state index contributed by atoms with van der Waals surface area (Å²) < 4.78 is 9.56. The molecule has 6 heteroatoms. The predicted octanol–water partition coefficient (Wildman–Crippen LogP) is 1.90. The third-order valence-electron chi connectivity index (χ3n) is 2.20. The van der Waals surface area contributed by atoms with Crippen molar-refractivity contribution in [2.24, 2.45) is 0 Å². The van der Waals surface area contributed by atoms with Crippen LogP contribution >= 0.6 is 15.9 Å². The number of Topliss-reactive ketones (excluding diaryl/α,β-unsaturated/α-hetero) is 1. The molecule has 0 N–H and O–H groups in total. The molecule has 0 bridgehead atoms. The monoisotopic (exact) mass is 326 g/mol. The van der Waals surface area contributed by atoms with Gasteiger partial charge in [0.25, 0.3) is 0 Å². The molecule has 5 nitrogen and oxygen atoms in total. The number of benzene rings is 1. The Kier molecular flexibility index (Phi) is 5.44. The standard InChI is InChI=1S/C13H11BrO5/c1-18-11(15)7-10(13(17)19-2)12(16)8-4-3-5-9(14)6-8/h3-7H,1-2H3/b10-7+. The maximum Gasteiger partial charge on any atom is 0.342 e. The summed E-state index contributed by atoms with van der Waals surface area (Å²) in [6.45, 7) is 0. The molecule has 0 aromatic heterocycles. The van der Waals surface area contributed by atoms with Gasteiger partial charge in [0.2, 0.25) is 5.78 Å². The van der Waals surface area contributed by atoms with Crippen molar-refractivity contribution in [3.05, 3.63) is 46.0 Å². The van der Waals surface area contributed by atoms with E-state index >= 15 is 0 Å². The van der Waals surface area contributed by atoms with E-state index in [0.717, 1.165) is 20.3 Å². The average Bonchev–Trinajstić information content (AvgIpc) is 2.42. The lowest BCUT2D eigenvalue weighted by molar-refractivity contribution is -0.138. The Labute approximate surface area is 118 Å². The number of esters is 2. The Morgan fingerprint density at radius 2 is 1.84 bits per heavy atom. The van der Waals surface area contributed by atoms with Gasteiger partial charge in [-0.05, 0) is 12.1 Å². The quantitative estimate of drug-likeness (QED) is 0.278. The predicted molar refractivity (Wildman–Crippen MR) is 70.6 cm³/mol. The minimum absolute atomic E-state index is 0.259. The maximum absolute atomic E-state index is 12.2. The van der Waals surface area contributed by atoms with Gasteiger partial charge in [-0.3, -0.25) is 4.79 Å². The molecule has 0 aliphatic heterocycles. The topological polar surface area (TPSA) is 69.7 Å². The van der Waals surface area contributed by atoms with Crippen LogP contribution in [-0.4, -0.2) is 31.9 Å². The molecule has 0 amide bonds. The van der Waals surface area contributed by atoms with Crippen LogP contribution in [0, 0.1) is 0 Å². The van der Waals surface area contributed by atoms with Crippen LogP contribution in [0.2, 0.25) is 0 Å². The van der Waals surface area contributed by atoms with Crippen molar-refractivity contribution >= 4 is 33.7 Å². The number of ketones is 1. The van der Waals surface area contributed by atoms with Gasteiger partial charge in [0.1, 0.15) is 5.57 Å². The Morgan fingerprint density at radius 3 is 2.37 bits per heavy atom. The van der Waals surface area contributed by atoms with Crippen LogP contribution in [0.25, 0.3) is 0 Å². The van der Waals surface area contributed by atoms with Crippen molar-refractivity contribution in [1.29, 1.82) is 0 Å². The zero-order valence-corrected chi connectivity index (χ0v) is 11.9. The molecule has 1 rings (SSSR count). The van der Waals surface area contributed by atoms with E-state index in [2.05, 4.69) is 25.4 Å². The second kappa shape index (κ2) is 6.84. The van der Waals surface area contributed by atoms with E-state index in [0.29, 0.717) is 4.47 Å². The summed E-state index contributed by atoms with van der Waals surface area (Å²) in [6, 6.07) is 6.44. The first-order valence-corrected chi connectivity index (χ1v) is 5.97. The highest BCUT2D eigenvalue weighted by molar-refractivity contribution is 9.10. The first kappa shape index (κ1) is 15.1. The number of ether oxygens (including phenoxy) is 2. The minimum atomic E-state index is -0.893. The molecule has 0 heterocycles. The first-order valence-electron chi connectivity index (χ1n) is 5.17. The largest absolute Gasteiger partial charge is 0.466 e. The molecule has 0 radical (unpaired) electrons. The first-order chi connectivity index (χ1) is 8.99. The Morgan fingerprint density at radius 1 is 1.16 bits per heavy atom. The molecular formula is C13H11BrO5. The van der Waals surface area contributed by atoms with E-state index in [-0.39, 0.29) is 11.1 Å². The number of methoxy groups -OCH3 is 2. The van der Waals surface area contributed by atoms with E-state index in [1.54, 1.807) is 12.1 Å².